The summed E-state index contributed by atoms with van der Waals surface area (Å²) < 4.78 is 0. The molecular weight excluding hydrogens is 305 g/mol. The summed E-state index contributed by atoms with van der Waals surface area (Å²) in [7, 11) is 0. The summed E-state index contributed by atoms with van der Waals surface area (Å²) in [5.41, 5.74) is 0.159. The molecule has 0 rings (SSSR count). The second-order valence-electron chi connectivity index (χ2n) is 3.08. The zero-order chi connectivity index (χ0) is 8.91. The Morgan fingerprint density at radius 2 is 1.92 bits per heavy atom. The van der Waals surface area contributed by atoms with E-state index in [0.717, 1.165) is 25.1 Å². The fourth-order valence-corrected chi connectivity index (χ4v) is 1.08. The van der Waals surface area contributed by atoms with Gasteiger partial charge in [0, 0.05) is 49.6 Å². The Bertz CT molecular complexity index is 143. The molecule has 1 atom stereocenters. The molecule has 0 aliphatic heterocycles. The van der Waals surface area contributed by atoms with Crippen LogP contribution in [-0.2, 0) is 0 Å². The summed E-state index contributed by atoms with van der Waals surface area (Å²) in [5, 5.41) is 9.78. The minimum absolute atomic E-state index is 0. The molecule has 0 aliphatic rings. The summed E-state index contributed by atoms with van der Waals surface area (Å²) in [4.78, 5) is 4.18. The summed E-state index contributed by atoms with van der Waals surface area (Å²) in [6.07, 6.45) is 1.78. The van der Waals surface area contributed by atoms with Gasteiger partial charge >= 0.3 is 0 Å². The van der Waals surface area contributed by atoms with Crippen molar-refractivity contribution in [1.29, 1.82) is 0 Å². The Labute approximate surface area is 105 Å². The molecule has 0 spiro atoms. The van der Waals surface area contributed by atoms with Gasteiger partial charge < -0.3 is 5.11 Å². The normalized spacial score (nSPS) is 16.6. The maximum Gasteiger partial charge on any atom is 0.0991 e. The molecule has 0 aromatic heterocycles. The predicted molar refractivity (Wildman–Crippen MR) is 49.2 cm³/mol. The molecule has 0 fully saturated rings. The molecule has 0 saturated heterocycles. The third-order valence-corrected chi connectivity index (χ3v) is 1.91. The molecule has 1 N–H and O–H groups in total. The van der Waals surface area contributed by atoms with Crippen LogP contribution in [0.2, 0.25) is 0 Å². The van der Waals surface area contributed by atoms with Crippen LogP contribution in [0.1, 0.15) is 40.5 Å². The first-order chi connectivity index (χ1) is 5.04. The third kappa shape index (κ3) is 5.51. The van der Waals surface area contributed by atoms with Crippen molar-refractivity contribution in [1.82, 2.24) is 0 Å². The van der Waals surface area contributed by atoms with Crippen LogP contribution in [0, 0.1) is 37.3 Å². The number of nitrogens with zero attached hydrogens (tertiary/aromatic N) is 1. The quantitative estimate of drug-likeness (QED) is 0.789. The SMILES string of the molecule is CCCC(C)(O)C(C)=NCC.[Er]. The molecule has 3 heteroatoms. The molecule has 0 aliphatic carbocycles. The number of aliphatic hydroxyl groups is 1. The maximum atomic E-state index is 9.78. The van der Waals surface area contributed by atoms with Crippen molar-refractivity contribution in [3.05, 3.63) is 0 Å². The van der Waals surface area contributed by atoms with Gasteiger partial charge in [0.1, 0.15) is 0 Å². The van der Waals surface area contributed by atoms with Crippen molar-refractivity contribution in [2.24, 2.45) is 4.99 Å². The number of hydrogen-bond donors (Lipinski definition) is 1. The van der Waals surface area contributed by atoms with Crippen LogP contribution in [0.5, 0.6) is 0 Å². The number of hydrogen-bond acceptors (Lipinski definition) is 2. The fraction of sp³-hybridized carbons (Fsp3) is 0.889. The number of rotatable bonds is 4. The molecule has 0 aromatic rings. The summed E-state index contributed by atoms with van der Waals surface area (Å²) in [5.74, 6) is 0. The van der Waals surface area contributed by atoms with Gasteiger partial charge in [0.15, 0.2) is 0 Å². The number of aliphatic imine (C=N–C) groups is 1. The first-order valence-corrected chi connectivity index (χ1v) is 4.28. The van der Waals surface area contributed by atoms with E-state index in [-0.39, 0.29) is 37.3 Å². The Morgan fingerprint density at radius 1 is 1.42 bits per heavy atom. The van der Waals surface area contributed by atoms with Crippen molar-refractivity contribution in [3.63, 3.8) is 0 Å². The van der Waals surface area contributed by atoms with Crippen LogP contribution in [0.4, 0.5) is 0 Å². The summed E-state index contributed by atoms with van der Waals surface area (Å²) in [6.45, 7) is 8.51. The second kappa shape index (κ2) is 7.30. The van der Waals surface area contributed by atoms with Gasteiger partial charge in [-0.3, -0.25) is 4.99 Å². The molecule has 12 heavy (non-hydrogen) atoms. The van der Waals surface area contributed by atoms with Crippen molar-refractivity contribution >= 4 is 5.71 Å². The Morgan fingerprint density at radius 3 is 2.25 bits per heavy atom. The van der Waals surface area contributed by atoms with Crippen molar-refractivity contribution in [2.45, 2.75) is 46.1 Å². The summed E-state index contributed by atoms with van der Waals surface area (Å²) in [6, 6.07) is 0. The van der Waals surface area contributed by atoms with E-state index in [1.807, 2.05) is 20.8 Å². The molecule has 0 amide bonds. The largest absolute Gasteiger partial charge is 0.384 e. The topological polar surface area (TPSA) is 32.6 Å². The van der Waals surface area contributed by atoms with Crippen molar-refractivity contribution in [2.75, 3.05) is 6.54 Å². The first kappa shape index (κ1) is 15.4. The zero-order valence-corrected chi connectivity index (χ0v) is 10.2. The third-order valence-electron chi connectivity index (χ3n) is 1.91. The van der Waals surface area contributed by atoms with Crippen LogP contribution < -0.4 is 0 Å². The van der Waals surface area contributed by atoms with E-state index in [9.17, 15) is 5.11 Å². The molecule has 78 valence electrons. The van der Waals surface area contributed by atoms with Gasteiger partial charge in [0.2, 0.25) is 0 Å². The van der Waals surface area contributed by atoms with Gasteiger partial charge in [-0.05, 0) is 27.2 Å². The smallest absolute Gasteiger partial charge is 0.0991 e. The minimum atomic E-state index is -0.690. The molecule has 0 aromatic carbocycles. The molecule has 0 radical (unpaired) electrons. The van der Waals surface area contributed by atoms with Crippen LogP contribution in [0.25, 0.3) is 0 Å². The van der Waals surface area contributed by atoms with Crippen LogP contribution in [0.3, 0.4) is 0 Å². The van der Waals surface area contributed by atoms with E-state index in [1.54, 1.807) is 0 Å². The van der Waals surface area contributed by atoms with Gasteiger partial charge in [0.25, 0.3) is 0 Å². The first-order valence-electron chi connectivity index (χ1n) is 4.28. The monoisotopic (exact) mass is 323 g/mol. The van der Waals surface area contributed by atoms with E-state index in [0.29, 0.717) is 0 Å². The van der Waals surface area contributed by atoms with Crippen molar-refractivity contribution < 1.29 is 42.4 Å². The Kier molecular flexibility index (Phi) is 9.34. The molecule has 0 bridgehead atoms. The predicted octanol–water partition coefficient (Wildman–Crippen LogP) is 2.02. The van der Waals surface area contributed by atoms with E-state index in [2.05, 4.69) is 11.9 Å². The Balaban J connectivity index is 0. The van der Waals surface area contributed by atoms with E-state index < -0.39 is 5.60 Å². The molecule has 0 heterocycles. The van der Waals surface area contributed by atoms with Crippen LogP contribution >= 0.6 is 0 Å². The van der Waals surface area contributed by atoms with Gasteiger partial charge in [0.05, 0.1) is 5.60 Å². The van der Waals surface area contributed by atoms with E-state index >= 15 is 0 Å². The standard InChI is InChI=1S/C9H19NO.Er/c1-5-7-9(4,11)8(3)10-6-2;/h11H,5-7H2,1-4H3;. The van der Waals surface area contributed by atoms with Gasteiger partial charge in [-0.1, -0.05) is 13.3 Å². The average molecular weight is 325 g/mol. The van der Waals surface area contributed by atoms with Gasteiger partial charge in [-0.2, -0.15) is 0 Å². The zero-order valence-electron chi connectivity index (χ0n) is 8.30. The van der Waals surface area contributed by atoms with Crippen LogP contribution in [0.15, 0.2) is 4.99 Å². The van der Waals surface area contributed by atoms with Crippen LogP contribution in [-0.4, -0.2) is 23.0 Å². The van der Waals surface area contributed by atoms with E-state index in [4.69, 9.17) is 0 Å². The van der Waals surface area contributed by atoms with Gasteiger partial charge in [-0.25, -0.2) is 0 Å². The maximum absolute atomic E-state index is 9.78. The average Bonchev–Trinajstić information content (AvgIpc) is 1.88. The molecule has 0 saturated carbocycles. The fourth-order valence-electron chi connectivity index (χ4n) is 1.08. The molecular formula is C9H19ErNO. The van der Waals surface area contributed by atoms with E-state index in [1.165, 1.54) is 0 Å². The minimum Gasteiger partial charge on any atom is -0.384 e. The molecule has 2 nitrogen and oxygen atoms in total. The second-order valence-corrected chi connectivity index (χ2v) is 3.08. The molecule has 1 unspecified atom stereocenters. The van der Waals surface area contributed by atoms with Crippen molar-refractivity contribution in [3.8, 4) is 0 Å². The Hall–Kier alpha value is 0.877. The van der Waals surface area contributed by atoms with Gasteiger partial charge in [-0.15, -0.1) is 0 Å². The summed E-state index contributed by atoms with van der Waals surface area (Å²) >= 11 is 0.